The number of amides is 2. The minimum atomic E-state index is -1.07. The number of aromatic nitrogens is 1. The zero-order valence-electron chi connectivity index (χ0n) is 16.0. The van der Waals surface area contributed by atoms with Crippen molar-refractivity contribution in [3.05, 3.63) is 36.0 Å². The molecule has 2 amide bonds. The Morgan fingerprint density at radius 3 is 2.48 bits per heavy atom. The fourth-order valence-corrected chi connectivity index (χ4v) is 3.08. The molecule has 1 aromatic carbocycles. The molecule has 0 unspecified atom stereocenters. The summed E-state index contributed by atoms with van der Waals surface area (Å²) in [4.78, 5) is 35.4. The van der Waals surface area contributed by atoms with Crippen molar-refractivity contribution in [2.24, 2.45) is 5.92 Å². The Bertz CT molecular complexity index is 826. The van der Waals surface area contributed by atoms with Crippen LogP contribution in [0.1, 0.15) is 32.8 Å². The first kappa shape index (κ1) is 20.5. The van der Waals surface area contributed by atoms with Crippen molar-refractivity contribution in [1.82, 2.24) is 15.2 Å². The Labute approximate surface area is 158 Å². The van der Waals surface area contributed by atoms with Crippen molar-refractivity contribution in [2.75, 3.05) is 6.54 Å². The molecule has 1 aromatic heterocycles. The summed E-state index contributed by atoms with van der Waals surface area (Å²) in [6.07, 6.45) is 2.45. The minimum Gasteiger partial charge on any atom is -0.480 e. The van der Waals surface area contributed by atoms with E-state index in [1.807, 2.05) is 51.2 Å². The van der Waals surface area contributed by atoms with E-state index in [0.717, 1.165) is 23.0 Å². The summed E-state index contributed by atoms with van der Waals surface area (Å²) >= 11 is 0. The lowest BCUT2D eigenvalue weighted by molar-refractivity contribution is -0.142. The molecular formula is C20H27N3O4. The maximum Gasteiger partial charge on any atom is 0.326 e. The Morgan fingerprint density at radius 1 is 1.15 bits per heavy atom. The molecule has 2 rings (SSSR count). The van der Waals surface area contributed by atoms with Crippen LogP contribution in [0.15, 0.2) is 30.5 Å². The van der Waals surface area contributed by atoms with Crippen LogP contribution in [0.2, 0.25) is 0 Å². The molecule has 0 saturated carbocycles. The number of para-hydroxylation sites is 1. The molecule has 0 spiro atoms. The average molecular weight is 373 g/mol. The summed E-state index contributed by atoms with van der Waals surface area (Å²) in [5.41, 5.74) is 1.96. The van der Waals surface area contributed by atoms with Crippen molar-refractivity contribution in [1.29, 1.82) is 0 Å². The van der Waals surface area contributed by atoms with Gasteiger partial charge in [-0.2, -0.15) is 0 Å². The lowest BCUT2D eigenvalue weighted by atomic mass is 10.0. The molecule has 0 aliphatic rings. The molecule has 7 nitrogen and oxygen atoms in total. The molecule has 1 atom stereocenters. The second-order valence-corrected chi connectivity index (χ2v) is 7.00. The standard InChI is InChI=1S/C20H27N3O4/c1-4-23-12-14(15-7-5-6-8-17(15)23)10-18(24)21-11-19(25)22-16(20(26)27)9-13(2)3/h5-8,12-13,16H,4,9-11H2,1-3H3,(H,21,24)(H,22,25)(H,26,27)/t16-/m0/s1. The summed E-state index contributed by atoms with van der Waals surface area (Å²) in [6, 6.07) is 6.92. The van der Waals surface area contributed by atoms with E-state index in [9.17, 15) is 14.4 Å². The Kier molecular flexibility index (Phi) is 6.98. The lowest BCUT2D eigenvalue weighted by Gasteiger charge is -2.16. The fraction of sp³-hybridized carbons (Fsp3) is 0.450. The number of carbonyl (C=O) groups is 3. The highest BCUT2D eigenvalue weighted by Gasteiger charge is 2.21. The number of aliphatic carboxylic acids is 1. The number of fused-ring (bicyclic) bond motifs is 1. The van der Waals surface area contributed by atoms with E-state index in [4.69, 9.17) is 5.11 Å². The quantitative estimate of drug-likeness (QED) is 0.625. The molecule has 0 saturated heterocycles. The third kappa shape index (κ3) is 5.57. The lowest BCUT2D eigenvalue weighted by Crippen LogP contribution is -2.46. The van der Waals surface area contributed by atoms with Gasteiger partial charge < -0.3 is 20.3 Å². The van der Waals surface area contributed by atoms with Crippen molar-refractivity contribution in [3.8, 4) is 0 Å². The first-order valence-electron chi connectivity index (χ1n) is 9.17. The third-order valence-corrected chi connectivity index (χ3v) is 4.35. The highest BCUT2D eigenvalue weighted by molar-refractivity contribution is 5.91. The second-order valence-electron chi connectivity index (χ2n) is 7.00. The second kappa shape index (κ2) is 9.21. The van der Waals surface area contributed by atoms with Gasteiger partial charge in [0, 0.05) is 23.6 Å². The van der Waals surface area contributed by atoms with Gasteiger partial charge in [0.2, 0.25) is 11.8 Å². The highest BCUT2D eigenvalue weighted by Crippen LogP contribution is 2.21. The van der Waals surface area contributed by atoms with Gasteiger partial charge in [0.1, 0.15) is 6.04 Å². The van der Waals surface area contributed by atoms with E-state index in [1.54, 1.807) is 0 Å². The van der Waals surface area contributed by atoms with Crippen LogP contribution < -0.4 is 10.6 Å². The molecule has 1 heterocycles. The third-order valence-electron chi connectivity index (χ3n) is 4.35. The summed E-state index contributed by atoms with van der Waals surface area (Å²) in [5, 5.41) is 15.2. The summed E-state index contributed by atoms with van der Waals surface area (Å²) in [6.45, 7) is 6.37. The molecule has 0 radical (unpaired) electrons. The molecule has 2 aromatic rings. The van der Waals surface area contributed by atoms with E-state index < -0.39 is 17.9 Å². The normalized spacial score (nSPS) is 12.1. The zero-order valence-corrected chi connectivity index (χ0v) is 16.0. The molecule has 0 aliphatic heterocycles. The van der Waals surface area contributed by atoms with Gasteiger partial charge >= 0.3 is 5.97 Å². The van der Waals surface area contributed by atoms with Crippen molar-refractivity contribution in [2.45, 2.75) is 46.2 Å². The predicted octanol–water partition coefficient (Wildman–Crippen LogP) is 1.94. The largest absolute Gasteiger partial charge is 0.480 e. The number of nitrogens with zero attached hydrogens (tertiary/aromatic N) is 1. The number of rotatable bonds is 9. The number of hydrogen-bond acceptors (Lipinski definition) is 3. The van der Waals surface area contributed by atoms with Crippen LogP contribution in [0.25, 0.3) is 10.9 Å². The molecule has 0 bridgehead atoms. The van der Waals surface area contributed by atoms with E-state index in [2.05, 4.69) is 15.2 Å². The van der Waals surface area contributed by atoms with Crippen molar-refractivity contribution in [3.63, 3.8) is 0 Å². The maximum absolute atomic E-state index is 12.2. The Hall–Kier alpha value is -2.83. The molecule has 7 heteroatoms. The van der Waals surface area contributed by atoms with Crippen LogP contribution in [-0.4, -0.2) is 40.0 Å². The van der Waals surface area contributed by atoms with Crippen LogP contribution in [0, 0.1) is 5.92 Å². The van der Waals surface area contributed by atoms with Gasteiger partial charge in [-0.05, 0) is 30.9 Å². The number of aryl methyl sites for hydroxylation is 1. The summed E-state index contributed by atoms with van der Waals surface area (Å²) in [7, 11) is 0. The number of carboxylic acids is 1. The smallest absolute Gasteiger partial charge is 0.326 e. The van der Waals surface area contributed by atoms with Crippen LogP contribution in [0.3, 0.4) is 0 Å². The monoisotopic (exact) mass is 373 g/mol. The molecule has 27 heavy (non-hydrogen) atoms. The van der Waals surface area contributed by atoms with Crippen LogP contribution in [0.4, 0.5) is 0 Å². The number of hydrogen-bond donors (Lipinski definition) is 3. The first-order valence-corrected chi connectivity index (χ1v) is 9.17. The van der Waals surface area contributed by atoms with Gasteiger partial charge in [-0.1, -0.05) is 32.0 Å². The van der Waals surface area contributed by atoms with Crippen molar-refractivity contribution < 1.29 is 19.5 Å². The van der Waals surface area contributed by atoms with E-state index in [0.29, 0.717) is 6.42 Å². The highest BCUT2D eigenvalue weighted by atomic mass is 16.4. The van der Waals surface area contributed by atoms with Crippen LogP contribution in [0.5, 0.6) is 0 Å². The Balaban J connectivity index is 1.93. The molecule has 0 aliphatic carbocycles. The van der Waals surface area contributed by atoms with Crippen LogP contribution in [-0.2, 0) is 27.3 Å². The topological polar surface area (TPSA) is 100 Å². The molecule has 146 valence electrons. The summed E-state index contributed by atoms with van der Waals surface area (Å²) in [5.74, 6) is -1.72. The van der Waals surface area contributed by atoms with E-state index in [-0.39, 0.29) is 24.8 Å². The average Bonchev–Trinajstić information content (AvgIpc) is 2.97. The Morgan fingerprint density at radius 2 is 1.85 bits per heavy atom. The number of benzene rings is 1. The minimum absolute atomic E-state index is 0.136. The number of carboxylic acid groups (broad SMARTS) is 1. The van der Waals surface area contributed by atoms with E-state index >= 15 is 0 Å². The van der Waals surface area contributed by atoms with Gasteiger partial charge in [-0.3, -0.25) is 9.59 Å². The first-order chi connectivity index (χ1) is 12.8. The summed E-state index contributed by atoms with van der Waals surface area (Å²) < 4.78 is 2.08. The fourth-order valence-electron chi connectivity index (χ4n) is 3.08. The molecule has 3 N–H and O–H groups in total. The zero-order chi connectivity index (χ0) is 20.0. The van der Waals surface area contributed by atoms with E-state index in [1.165, 1.54) is 0 Å². The van der Waals surface area contributed by atoms with Gasteiger partial charge in [-0.15, -0.1) is 0 Å². The van der Waals surface area contributed by atoms with Crippen molar-refractivity contribution >= 4 is 28.7 Å². The van der Waals surface area contributed by atoms with Gasteiger partial charge in [0.05, 0.1) is 13.0 Å². The maximum atomic E-state index is 12.2. The molecule has 0 fully saturated rings. The van der Waals surface area contributed by atoms with Gasteiger partial charge in [0.25, 0.3) is 0 Å². The van der Waals surface area contributed by atoms with Gasteiger partial charge in [0.15, 0.2) is 0 Å². The SMILES string of the molecule is CCn1cc(CC(=O)NCC(=O)N[C@@H](CC(C)C)C(=O)O)c2ccccc21. The number of carbonyl (C=O) groups excluding carboxylic acids is 2. The van der Waals surface area contributed by atoms with Gasteiger partial charge in [-0.25, -0.2) is 4.79 Å². The number of nitrogens with one attached hydrogen (secondary N) is 2. The predicted molar refractivity (Wildman–Crippen MR) is 103 cm³/mol. The van der Waals surface area contributed by atoms with Crippen LogP contribution >= 0.6 is 0 Å². The molecular weight excluding hydrogens is 346 g/mol.